The van der Waals surface area contributed by atoms with Crippen LogP contribution in [0.5, 0.6) is 0 Å². The summed E-state index contributed by atoms with van der Waals surface area (Å²) in [6.07, 6.45) is 0.946. The van der Waals surface area contributed by atoms with Crippen LogP contribution < -0.4 is 10.5 Å². The van der Waals surface area contributed by atoms with E-state index in [2.05, 4.69) is 9.97 Å². The summed E-state index contributed by atoms with van der Waals surface area (Å²) in [6, 6.07) is 1.43. The lowest BCUT2D eigenvalue weighted by Gasteiger charge is -2.23. The quantitative estimate of drug-likeness (QED) is 0.483. The molecule has 0 aromatic carbocycles. The van der Waals surface area contributed by atoms with Crippen molar-refractivity contribution in [1.82, 2.24) is 9.97 Å². The van der Waals surface area contributed by atoms with E-state index in [1.165, 1.54) is 18.5 Å². The molecule has 0 saturated heterocycles. The molecule has 5 N–H and O–H groups in total. The number of nitrogens with zero attached hydrogens (tertiary/aromatic N) is 2. The first-order valence-corrected chi connectivity index (χ1v) is 6.71. The van der Waals surface area contributed by atoms with Crippen molar-refractivity contribution < 1.29 is 28.2 Å². The van der Waals surface area contributed by atoms with Crippen LogP contribution >= 0.6 is 0 Å². The van der Waals surface area contributed by atoms with E-state index in [-0.39, 0.29) is 5.95 Å². The Labute approximate surface area is 113 Å². The zero-order valence-corrected chi connectivity index (χ0v) is 10.9. The smallest absolute Gasteiger partial charge is 0.341 e. The number of hydrogen-bond donors (Lipinski definition) is 4. The molecule has 0 radical (unpaired) electrons. The van der Waals surface area contributed by atoms with Gasteiger partial charge in [0.25, 0.3) is 10.0 Å². The summed E-state index contributed by atoms with van der Waals surface area (Å²) in [5.74, 6) is -3.60. The number of aliphatic carboxylic acids is 2. The Morgan fingerprint density at radius 3 is 2.30 bits per heavy atom. The highest BCUT2D eigenvalue weighted by Crippen LogP contribution is 2.20. The van der Waals surface area contributed by atoms with E-state index in [1.807, 2.05) is 4.72 Å². The van der Waals surface area contributed by atoms with E-state index in [9.17, 15) is 18.0 Å². The minimum atomic E-state index is -4.63. The van der Waals surface area contributed by atoms with Crippen LogP contribution in [0.1, 0.15) is 12.8 Å². The maximum Gasteiger partial charge on any atom is 0.341 e. The van der Waals surface area contributed by atoms with Crippen LogP contribution in [-0.4, -0.2) is 45.4 Å². The molecule has 20 heavy (non-hydrogen) atoms. The maximum atomic E-state index is 12.0. The van der Waals surface area contributed by atoms with Gasteiger partial charge in [-0.25, -0.2) is 27.9 Å². The lowest BCUT2D eigenvalue weighted by molar-refractivity contribution is -0.141. The van der Waals surface area contributed by atoms with Gasteiger partial charge in [-0.1, -0.05) is 0 Å². The van der Waals surface area contributed by atoms with Crippen molar-refractivity contribution in [2.75, 3.05) is 4.72 Å². The number of aromatic nitrogens is 2. The van der Waals surface area contributed by atoms with Crippen molar-refractivity contribution in [3.05, 3.63) is 18.5 Å². The summed E-state index contributed by atoms with van der Waals surface area (Å²) in [5, 5.41) is 17.5. The summed E-state index contributed by atoms with van der Waals surface area (Å²) >= 11 is 0. The molecule has 0 bridgehead atoms. The summed E-state index contributed by atoms with van der Waals surface area (Å²) in [7, 11) is -4.63. The number of carbonyl (C=O) groups is 2. The molecule has 0 aliphatic carbocycles. The van der Waals surface area contributed by atoms with Crippen molar-refractivity contribution in [1.29, 1.82) is 0 Å². The second kappa shape index (κ2) is 5.79. The van der Waals surface area contributed by atoms with Gasteiger partial charge in [0.15, 0.2) is 0 Å². The van der Waals surface area contributed by atoms with Crippen molar-refractivity contribution in [3.8, 4) is 0 Å². The Morgan fingerprint density at radius 2 is 1.85 bits per heavy atom. The summed E-state index contributed by atoms with van der Waals surface area (Å²) in [4.78, 5) is 25.9. The minimum Gasteiger partial charge on any atom is -0.481 e. The second-order valence-corrected chi connectivity index (χ2v) is 5.71. The van der Waals surface area contributed by atoms with Gasteiger partial charge >= 0.3 is 11.9 Å². The molecule has 1 rings (SSSR count). The number of nitrogens with one attached hydrogen (secondary N) is 1. The van der Waals surface area contributed by atoms with Gasteiger partial charge < -0.3 is 15.9 Å². The van der Waals surface area contributed by atoms with Gasteiger partial charge in [-0.2, -0.15) is 0 Å². The Balaban J connectivity index is 3.06. The Kier molecular flexibility index (Phi) is 4.57. The molecule has 0 unspecified atom stereocenters. The van der Waals surface area contributed by atoms with Crippen LogP contribution in [0.2, 0.25) is 0 Å². The van der Waals surface area contributed by atoms with Gasteiger partial charge in [-0.05, 0) is 6.07 Å². The number of anilines is 1. The zero-order chi connectivity index (χ0) is 15.4. The number of nitrogens with two attached hydrogens (primary N) is 1. The first-order valence-electron chi connectivity index (χ1n) is 5.22. The average Bonchev–Trinajstić information content (AvgIpc) is 2.36. The molecular weight excluding hydrogens is 292 g/mol. The van der Waals surface area contributed by atoms with Crippen molar-refractivity contribution >= 4 is 27.9 Å². The van der Waals surface area contributed by atoms with Gasteiger partial charge in [0, 0.05) is 25.2 Å². The van der Waals surface area contributed by atoms with E-state index in [0.717, 1.165) is 0 Å². The number of carboxylic acids is 2. The summed E-state index contributed by atoms with van der Waals surface area (Å²) in [6.45, 7) is 0. The van der Waals surface area contributed by atoms with Crippen LogP contribution in [0.25, 0.3) is 0 Å². The summed E-state index contributed by atoms with van der Waals surface area (Å²) in [5.41, 5.74) is 5.35. The third-order valence-corrected chi connectivity index (χ3v) is 4.13. The van der Waals surface area contributed by atoms with Crippen molar-refractivity contribution in [2.24, 2.45) is 5.73 Å². The third-order valence-electron chi connectivity index (χ3n) is 2.34. The first-order chi connectivity index (χ1) is 9.19. The van der Waals surface area contributed by atoms with Gasteiger partial charge in [0.2, 0.25) is 10.8 Å². The molecule has 110 valence electrons. The molecule has 1 heterocycles. The lowest BCUT2D eigenvalue weighted by atomic mass is 10.1. The molecule has 0 amide bonds. The first kappa shape index (κ1) is 15.8. The van der Waals surface area contributed by atoms with Crippen LogP contribution in [0, 0.1) is 0 Å². The van der Waals surface area contributed by atoms with Crippen LogP contribution in [0.15, 0.2) is 18.5 Å². The van der Waals surface area contributed by atoms with Gasteiger partial charge in [-0.3, -0.25) is 4.79 Å². The van der Waals surface area contributed by atoms with Crippen molar-refractivity contribution in [3.63, 3.8) is 0 Å². The minimum absolute atomic E-state index is 0.362. The molecule has 1 atom stereocenters. The molecule has 1 aromatic rings. The van der Waals surface area contributed by atoms with Gasteiger partial charge in [0.1, 0.15) is 0 Å². The van der Waals surface area contributed by atoms with Crippen LogP contribution in [0.4, 0.5) is 5.95 Å². The van der Waals surface area contributed by atoms with E-state index in [0.29, 0.717) is 0 Å². The molecule has 10 nitrogen and oxygen atoms in total. The molecule has 0 aliphatic rings. The highest BCUT2D eigenvalue weighted by Gasteiger charge is 2.48. The van der Waals surface area contributed by atoms with Crippen molar-refractivity contribution in [2.45, 2.75) is 17.7 Å². The highest BCUT2D eigenvalue weighted by atomic mass is 32.2. The fourth-order valence-corrected chi connectivity index (χ4v) is 2.34. The molecule has 1 aromatic heterocycles. The average molecular weight is 304 g/mol. The fraction of sp³-hybridized carbons (Fsp3) is 0.333. The standard InChI is InChI=1S/C9H12N4O6S/c10-9(7(16)17,3-2-6(14)15)20(18,19)13-8-11-4-1-5-12-8/h1,4-5H,2-3,10H2,(H,14,15)(H,16,17)(H,11,12,13)/t9-/m1/s1. The van der Waals surface area contributed by atoms with E-state index >= 15 is 0 Å². The van der Waals surface area contributed by atoms with Gasteiger partial charge in [0.05, 0.1) is 0 Å². The third kappa shape index (κ3) is 3.39. The van der Waals surface area contributed by atoms with Gasteiger partial charge in [-0.15, -0.1) is 0 Å². The predicted octanol–water partition coefficient (Wildman–Crippen LogP) is -1.18. The number of hydrogen-bond acceptors (Lipinski definition) is 7. The van der Waals surface area contributed by atoms with Crippen LogP contribution in [-0.2, 0) is 19.6 Å². The van der Waals surface area contributed by atoms with E-state index < -0.39 is 39.7 Å². The topological polar surface area (TPSA) is 173 Å². The Hall–Kier alpha value is -2.27. The second-order valence-electron chi connectivity index (χ2n) is 3.77. The van der Waals surface area contributed by atoms with Crippen LogP contribution in [0.3, 0.4) is 0 Å². The van der Waals surface area contributed by atoms with E-state index in [4.69, 9.17) is 15.9 Å². The lowest BCUT2D eigenvalue weighted by Crippen LogP contribution is -2.57. The molecule has 0 spiro atoms. The number of carboxylic acid groups (broad SMARTS) is 2. The number of sulfonamides is 1. The molecule has 0 fully saturated rings. The molecule has 0 aliphatic heterocycles. The molecular formula is C9H12N4O6S. The zero-order valence-electron chi connectivity index (χ0n) is 10.1. The monoisotopic (exact) mass is 304 g/mol. The number of rotatable bonds is 7. The molecule has 0 saturated carbocycles. The van der Waals surface area contributed by atoms with E-state index in [1.54, 1.807) is 0 Å². The highest BCUT2D eigenvalue weighted by molar-refractivity contribution is 7.94. The predicted molar refractivity (Wildman–Crippen MR) is 66.0 cm³/mol. The largest absolute Gasteiger partial charge is 0.481 e. The Bertz CT molecular complexity index is 604. The SMILES string of the molecule is N[C@@](CCC(=O)O)(C(=O)O)S(=O)(=O)Nc1ncccn1. The summed E-state index contributed by atoms with van der Waals surface area (Å²) < 4.78 is 25.8. The maximum absolute atomic E-state index is 12.0. The molecule has 11 heteroatoms. The normalized spacial score (nSPS) is 14.2. The fourth-order valence-electron chi connectivity index (χ4n) is 1.21. The Morgan fingerprint density at radius 1 is 1.30 bits per heavy atom.